The first-order chi connectivity index (χ1) is 17.5. The van der Waals surface area contributed by atoms with E-state index in [4.69, 9.17) is 20.2 Å². The van der Waals surface area contributed by atoms with E-state index in [1.54, 1.807) is 20.3 Å². The van der Waals surface area contributed by atoms with Gasteiger partial charge in [0.15, 0.2) is 11.5 Å². The Labute approximate surface area is 212 Å². The van der Waals surface area contributed by atoms with E-state index in [2.05, 4.69) is 0 Å². The van der Waals surface area contributed by atoms with Crippen molar-refractivity contribution in [3.8, 4) is 22.9 Å². The molecule has 1 heterocycles. The number of nitrogens with zero attached hydrogens (tertiary/aromatic N) is 2. The van der Waals surface area contributed by atoms with Crippen LogP contribution < -0.4 is 15.2 Å². The van der Waals surface area contributed by atoms with Gasteiger partial charge in [0.1, 0.15) is 17.2 Å². The van der Waals surface area contributed by atoms with E-state index < -0.39 is 5.54 Å². The molecule has 0 spiro atoms. The van der Waals surface area contributed by atoms with Gasteiger partial charge in [0.2, 0.25) is 5.91 Å². The van der Waals surface area contributed by atoms with E-state index in [-0.39, 0.29) is 23.6 Å². The van der Waals surface area contributed by atoms with Crippen LogP contribution in [-0.2, 0) is 10.3 Å². The number of hydrogen-bond acceptors (Lipinski definition) is 4. The third-order valence-electron chi connectivity index (χ3n) is 8.48. The molecular formula is C29H36FN3O3. The molecule has 2 aliphatic rings. The second-order valence-corrected chi connectivity index (χ2v) is 10.3. The molecule has 2 aliphatic carbocycles. The second-order valence-electron chi connectivity index (χ2n) is 10.3. The molecule has 36 heavy (non-hydrogen) atoms. The van der Waals surface area contributed by atoms with Gasteiger partial charge in [-0.1, -0.05) is 44.6 Å². The lowest BCUT2D eigenvalue weighted by molar-refractivity contribution is -0.135. The zero-order valence-electron chi connectivity index (χ0n) is 21.3. The summed E-state index contributed by atoms with van der Waals surface area (Å²) in [4.78, 5) is 18.9. The second kappa shape index (κ2) is 10.1. The fraction of sp³-hybridized carbons (Fsp3) is 0.517. The summed E-state index contributed by atoms with van der Waals surface area (Å²) in [6.07, 6.45) is 10.2. The lowest BCUT2D eigenvalue weighted by Crippen LogP contribution is -2.58. The highest BCUT2D eigenvalue weighted by Gasteiger charge is 2.53. The fourth-order valence-corrected chi connectivity index (χ4v) is 6.96. The molecule has 0 aliphatic heterocycles. The van der Waals surface area contributed by atoms with Crippen molar-refractivity contribution in [1.82, 2.24) is 9.55 Å². The van der Waals surface area contributed by atoms with Gasteiger partial charge in [-0.3, -0.25) is 4.79 Å². The molecule has 0 atom stereocenters. The summed E-state index contributed by atoms with van der Waals surface area (Å²) in [5.74, 6) is 1.08. The van der Waals surface area contributed by atoms with Gasteiger partial charge in [-0.05, 0) is 67.9 Å². The highest BCUT2D eigenvalue weighted by atomic mass is 19.1. The van der Waals surface area contributed by atoms with E-state index in [0.717, 1.165) is 64.2 Å². The minimum absolute atomic E-state index is 0.0582. The number of amides is 1. The normalized spacial score (nSPS) is 17.9. The Morgan fingerprint density at radius 1 is 0.972 bits per heavy atom. The van der Waals surface area contributed by atoms with Crippen LogP contribution >= 0.6 is 0 Å². The average Bonchev–Trinajstić information content (AvgIpc) is 3.28. The van der Waals surface area contributed by atoms with Crippen LogP contribution in [0.25, 0.3) is 22.4 Å². The number of hydrogen-bond donors (Lipinski definition) is 1. The number of primary amides is 1. The highest BCUT2D eigenvalue weighted by Crippen LogP contribution is 2.51. The monoisotopic (exact) mass is 493 g/mol. The van der Waals surface area contributed by atoms with Gasteiger partial charge >= 0.3 is 0 Å². The smallest absolute Gasteiger partial charge is 0.244 e. The van der Waals surface area contributed by atoms with E-state index in [9.17, 15) is 9.18 Å². The quantitative estimate of drug-likeness (QED) is 0.425. The van der Waals surface area contributed by atoms with Crippen molar-refractivity contribution in [3.05, 3.63) is 42.2 Å². The number of benzene rings is 2. The summed E-state index contributed by atoms with van der Waals surface area (Å²) in [5, 5.41) is 0. The SMILES string of the molecule is COc1cccc(-c2nc3ccc(F)cc3n2C(C(N)=O)(C2CCCCC2)C2CCCCC2)c1OC. The number of halogens is 1. The fourth-order valence-electron chi connectivity index (χ4n) is 6.96. The highest BCUT2D eigenvalue weighted by molar-refractivity contribution is 5.90. The molecule has 6 nitrogen and oxygen atoms in total. The Balaban J connectivity index is 1.88. The molecule has 3 aromatic rings. The summed E-state index contributed by atoms with van der Waals surface area (Å²) < 4.78 is 28.2. The van der Waals surface area contributed by atoms with Crippen LogP contribution in [0.2, 0.25) is 0 Å². The van der Waals surface area contributed by atoms with Crippen molar-refractivity contribution in [3.63, 3.8) is 0 Å². The minimum Gasteiger partial charge on any atom is -0.493 e. The molecule has 2 fully saturated rings. The lowest BCUT2D eigenvalue weighted by Gasteiger charge is -2.48. The summed E-state index contributed by atoms with van der Waals surface area (Å²) in [7, 11) is 3.19. The van der Waals surface area contributed by atoms with Gasteiger partial charge < -0.3 is 19.8 Å². The zero-order chi connectivity index (χ0) is 25.3. The van der Waals surface area contributed by atoms with Crippen LogP contribution in [0, 0.1) is 17.7 Å². The minimum atomic E-state index is -1.01. The molecule has 192 valence electrons. The van der Waals surface area contributed by atoms with Crippen molar-refractivity contribution in [2.24, 2.45) is 17.6 Å². The molecule has 0 bridgehead atoms. The standard InChI is InChI=1S/C29H36FN3O3/c1-35-25-15-9-14-22(26(25)36-2)27-32-23-17-16-21(30)18-24(23)33(27)29(28(31)34,19-10-5-3-6-11-19)20-12-7-4-8-13-20/h9,14-20H,3-8,10-13H2,1-2H3,(H2,31,34). The third-order valence-corrected chi connectivity index (χ3v) is 8.48. The van der Waals surface area contributed by atoms with Crippen molar-refractivity contribution in [2.75, 3.05) is 14.2 Å². The zero-order valence-corrected chi connectivity index (χ0v) is 21.3. The predicted molar refractivity (Wildman–Crippen MR) is 139 cm³/mol. The number of carbonyl (C=O) groups excluding carboxylic acids is 1. The Hall–Kier alpha value is -3.09. The van der Waals surface area contributed by atoms with Crippen LogP contribution in [0.15, 0.2) is 36.4 Å². The average molecular weight is 494 g/mol. The number of ether oxygens (including phenoxy) is 2. The summed E-state index contributed by atoms with van der Waals surface area (Å²) in [6, 6.07) is 10.2. The first kappa shape index (κ1) is 24.6. The van der Waals surface area contributed by atoms with Gasteiger partial charge in [0, 0.05) is 0 Å². The largest absolute Gasteiger partial charge is 0.493 e. The first-order valence-electron chi connectivity index (χ1n) is 13.2. The van der Waals surface area contributed by atoms with Gasteiger partial charge in [0.05, 0.1) is 30.8 Å². The third kappa shape index (κ3) is 3.93. The van der Waals surface area contributed by atoms with Crippen molar-refractivity contribution in [1.29, 1.82) is 0 Å². The van der Waals surface area contributed by atoms with Gasteiger partial charge in [-0.2, -0.15) is 0 Å². The Kier molecular flexibility index (Phi) is 6.91. The molecule has 2 N–H and O–H groups in total. The molecule has 0 saturated heterocycles. The van der Waals surface area contributed by atoms with E-state index >= 15 is 0 Å². The van der Waals surface area contributed by atoms with E-state index in [0.29, 0.717) is 33.9 Å². The molecule has 2 saturated carbocycles. The number of fused-ring (bicyclic) bond motifs is 1. The maximum Gasteiger partial charge on any atom is 0.244 e. The lowest BCUT2D eigenvalue weighted by atomic mass is 9.63. The number of para-hydroxylation sites is 1. The van der Waals surface area contributed by atoms with Crippen molar-refractivity contribution >= 4 is 16.9 Å². The maximum atomic E-state index is 14.8. The van der Waals surface area contributed by atoms with E-state index in [1.807, 2.05) is 22.8 Å². The van der Waals surface area contributed by atoms with Crippen molar-refractivity contribution < 1.29 is 18.7 Å². The molecule has 1 aromatic heterocycles. The summed E-state index contributed by atoms with van der Waals surface area (Å²) in [5.41, 5.74) is 7.42. The first-order valence-corrected chi connectivity index (χ1v) is 13.2. The Morgan fingerprint density at radius 2 is 1.61 bits per heavy atom. The maximum absolute atomic E-state index is 14.8. The van der Waals surface area contributed by atoms with Gasteiger partial charge in [-0.25, -0.2) is 9.37 Å². The van der Waals surface area contributed by atoms with Crippen LogP contribution in [0.3, 0.4) is 0 Å². The Bertz CT molecular complexity index is 1220. The molecule has 0 radical (unpaired) electrons. The number of imidazole rings is 1. The topological polar surface area (TPSA) is 79.4 Å². The summed E-state index contributed by atoms with van der Waals surface area (Å²) >= 11 is 0. The van der Waals surface area contributed by atoms with Crippen molar-refractivity contribution in [2.45, 2.75) is 69.7 Å². The van der Waals surface area contributed by atoms with Crippen LogP contribution in [0.4, 0.5) is 4.39 Å². The Morgan fingerprint density at radius 3 is 2.17 bits per heavy atom. The number of nitrogens with two attached hydrogens (primary N) is 1. The molecule has 0 unspecified atom stereocenters. The summed E-state index contributed by atoms with van der Waals surface area (Å²) in [6.45, 7) is 0. The van der Waals surface area contributed by atoms with Crippen LogP contribution in [0.1, 0.15) is 64.2 Å². The van der Waals surface area contributed by atoms with Crippen LogP contribution in [0.5, 0.6) is 11.5 Å². The number of methoxy groups -OCH3 is 2. The van der Waals surface area contributed by atoms with Gasteiger partial charge in [0.25, 0.3) is 0 Å². The molecule has 7 heteroatoms. The number of carbonyl (C=O) groups is 1. The molecular weight excluding hydrogens is 457 g/mol. The molecule has 5 rings (SSSR count). The predicted octanol–water partition coefficient (Wildman–Crippen LogP) is 6.20. The molecule has 1 amide bonds. The van der Waals surface area contributed by atoms with Crippen LogP contribution in [-0.4, -0.2) is 29.7 Å². The molecule has 2 aromatic carbocycles. The number of rotatable bonds is 7. The van der Waals surface area contributed by atoms with Gasteiger partial charge in [-0.15, -0.1) is 0 Å². The number of aromatic nitrogens is 2. The van der Waals surface area contributed by atoms with E-state index in [1.165, 1.54) is 12.1 Å².